The van der Waals surface area contributed by atoms with Crippen LogP contribution < -0.4 is 36.5 Å². The van der Waals surface area contributed by atoms with E-state index in [0.717, 1.165) is 0 Å². The van der Waals surface area contributed by atoms with Crippen LogP contribution in [0.25, 0.3) is 0 Å². The number of hydrogen-bond donors (Lipinski definition) is 8. The van der Waals surface area contributed by atoms with E-state index in [1.807, 2.05) is 0 Å². The third-order valence-corrected chi connectivity index (χ3v) is 4.33. The van der Waals surface area contributed by atoms with Crippen LogP contribution in [0.5, 0.6) is 17.2 Å². The van der Waals surface area contributed by atoms with E-state index in [4.69, 9.17) is 20.6 Å². The Kier molecular flexibility index (Phi) is 9.31. The van der Waals surface area contributed by atoms with Crippen molar-refractivity contribution in [1.82, 2.24) is 16.0 Å². The van der Waals surface area contributed by atoms with Gasteiger partial charge in [0.15, 0.2) is 5.96 Å². The number of carboxylic acids is 1. The maximum absolute atomic E-state index is 12.4. The monoisotopic (exact) mass is 474 g/mol. The van der Waals surface area contributed by atoms with Gasteiger partial charge in [-0.3, -0.25) is 10.2 Å². The molecule has 0 bridgehead atoms. The number of aromatic hydroxyl groups is 1. The van der Waals surface area contributed by atoms with Crippen LogP contribution in [-0.4, -0.2) is 66.9 Å². The SMILES string of the molecule is COc1ccccc1NC(=O)N[C@@H](CNC(=O)c1ccc(OCCNC(=N)N)cc1O)C(=O)O. The van der Waals surface area contributed by atoms with E-state index >= 15 is 0 Å². The smallest absolute Gasteiger partial charge is 0.328 e. The highest BCUT2D eigenvalue weighted by Gasteiger charge is 2.22. The molecule has 13 heteroatoms. The molecule has 0 radical (unpaired) electrons. The lowest BCUT2D eigenvalue weighted by Crippen LogP contribution is -2.49. The Labute approximate surface area is 194 Å². The van der Waals surface area contributed by atoms with Gasteiger partial charge in [-0.25, -0.2) is 9.59 Å². The second-order valence-electron chi connectivity index (χ2n) is 6.77. The summed E-state index contributed by atoms with van der Waals surface area (Å²) in [4.78, 5) is 36.1. The van der Waals surface area contributed by atoms with E-state index < -0.39 is 30.5 Å². The summed E-state index contributed by atoms with van der Waals surface area (Å²) in [5.41, 5.74) is 5.37. The highest BCUT2D eigenvalue weighted by molar-refractivity contribution is 5.98. The Balaban J connectivity index is 1.92. The standard InChI is InChI=1S/C21H26N6O7/c1-33-17-5-3-2-4-14(17)26-21(32)27-15(19(30)31)11-25-18(29)13-7-6-12(10-16(13)28)34-9-8-24-20(22)23/h2-7,10,15,28H,8-9,11H2,1H3,(H,25,29)(H,30,31)(H4,22,23,24)(H2,26,27,32)/t15-/m0/s1. The number of phenolic OH excluding ortho intramolecular Hbond substituents is 1. The van der Waals surface area contributed by atoms with E-state index in [9.17, 15) is 24.6 Å². The van der Waals surface area contributed by atoms with Gasteiger partial charge in [0, 0.05) is 12.6 Å². The van der Waals surface area contributed by atoms with Crippen molar-refractivity contribution in [1.29, 1.82) is 5.41 Å². The van der Waals surface area contributed by atoms with Crippen molar-refractivity contribution in [3.05, 3.63) is 48.0 Å². The summed E-state index contributed by atoms with van der Waals surface area (Å²) < 4.78 is 10.5. The van der Waals surface area contributed by atoms with E-state index in [0.29, 0.717) is 11.4 Å². The Morgan fingerprint density at radius 2 is 1.88 bits per heavy atom. The van der Waals surface area contributed by atoms with E-state index in [-0.39, 0.29) is 36.2 Å². The van der Waals surface area contributed by atoms with Crippen molar-refractivity contribution in [3.8, 4) is 17.2 Å². The number of methoxy groups -OCH3 is 1. The first-order valence-corrected chi connectivity index (χ1v) is 9.96. The summed E-state index contributed by atoms with van der Waals surface area (Å²) in [6.45, 7) is -0.0120. The maximum atomic E-state index is 12.4. The van der Waals surface area contributed by atoms with Gasteiger partial charge in [0.05, 0.1) is 24.9 Å². The Hall–Kier alpha value is -4.68. The number of nitrogens with one attached hydrogen (secondary N) is 5. The Bertz CT molecular complexity index is 1050. The molecule has 9 N–H and O–H groups in total. The molecular formula is C21H26N6O7. The molecule has 1 atom stereocenters. The fraction of sp³-hybridized carbons (Fsp3) is 0.238. The van der Waals surface area contributed by atoms with Gasteiger partial charge in [-0.15, -0.1) is 0 Å². The lowest BCUT2D eigenvalue weighted by atomic mass is 10.1. The summed E-state index contributed by atoms with van der Waals surface area (Å²) in [5.74, 6) is -2.05. The average molecular weight is 474 g/mol. The van der Waals surface area contributed by atoms with Crippen molar-refractivity contribution >= 4 is 29.6 Å². The summed E-state index contributed by atoms with van der Waals surface area (Å²) in [7, 11) is 1.42. The minimum Gasteiger partial charge on any atom is -0.507 e. The maximum Gasteiger partial charge on any atom is 0.328 e. The van der Waals surface area contributed by atoms with Gasteiger partial charge in [0.2, 0.25) is 0 Å². The number of phenols is 1. The second kappa shape index (κ2) is 12.4. The van der Waals surface area contributed by atoms with Crippen molar-refractivity contribution in [3.63, 3.8) is 0 Å². The summed E-state index contributed by atoms with van der Waals surface area (Å²) in [6, 6.07) is 8.27. The van der Waals surface area contributed by atoms with Crippen LogP contribution in [0.1, 0.15) is 10.4 Å². The third-order valence-electron chi connectivity index (χ3n) is 4.33. The van der Waals surface area contributed by atoms with Crippen molar-refractivity contribution in [2.75, 3.05) is 32.1 Å². The molecule has 0 aliphatic rings. The predicted molar refractivity (Wildman–Crippen MR) is 122 cm³/mol. The predicted octanol–water partition coefficient (Wildman–Crippen LogP) is 0.267. The molecule has 2 aromatic rings. The topological polar surface area (TPSA) is 208 Å². The van der Waals surface area contributed by atoms with Crippen LogP contribution in [-0.2, 0) is 4.79 Å². The number of guanidine groups is 1. The lowest BCUT2D eigenvalue weighted by Gasteiger charge is -2.17. The number of benzene rings is 2. The third kappa shape index (κ3) is 7.78. The zero-order valence-electron chi connectivity index (χ0n) is 18.3. The molecule has 2 rings (SSSR count). The molecule has 34 heavy (non-hydrogen) atoms. The Morgan fingerprint density at radius 3 is 2.53 bits per heavy atom. The van der Waals surface area contributed by atoms with Crippen LogP contribution >= 0.6 is 0 Å². The summed E-state index contributed by atoms with van der Waals surface area (Å²) >= 11 is 0. The van der Waals surface area contributed by atoms with Crippen LogP contribution in [0.4, 0.5) is 10.5 Å². The number of urea groups is 1. The van der Waals surface area contributed by atoms with Gasteiger partial charge in [-0.2, -0.15) is 0 Å². The molecule has 0 saturated carbocycles. The number of carbonyl (C=O) groups excluding carboxylic acids is 2. The first-order chi connectivity index (χ1) is 16.2. The zero-order valence-corrected chi connectivity index (χ0v) is 18.3. The lowest BCUT2D eigenvalue weighted by molar-refractivity contribution is -0.138. The molecule has 13 nitrogen and oxygen atoms in total. The number of nitrogens with two attached hydrogens (primary N) is 1. The van der Waals surface area contributed by atoms with Crippen molar-refractivity contribution in [2.45, 2.75) is 6.04 Å². The molecule has 182 valence electrons. The van der Waals surface area contributed by atoms with Crippen LogP contribution in [0.2, 0.25) is 0 Å². The van der Waals surface area contributed by atoms with E-state index in [1.54, 1.807) is 24.3 Å². The summed E-state index contributed by atoms with van der Waals surface area (Å²) in [5, 5.41) is 36.2. The Morgan fingerprint density at radius 1 is 1.15 bits per heavy atom. The molecule has 0 spiro atoms. The van der Waals surface area contributed by atoms with Crippen molar-refractivity contribution in [2.24, 2.45) is 5.73 Å². The number of anilines is 1. The molecule has 0 aromatic heterocycles. The normalized spacial score (nSPS) is 11.0. The first kappa shape index (κ1) is 25.6. The summed E-state index contributed by atoms with van der Waals surface area (Å²) in [6.07, 6.45) is 0. The highest BCUT2D eigenvalue weighted by atomic mass is 16.5. The number of rotatable bonds is 11. The number of ether oxygens (including phenoxy) is 2. The number of hydrogen-bond acceptors (Lipinski definition) is 7. The van der Waals surface area contributed by atoms with E-state index in [2.05, 4.69) is 21.3 Å². The van der Waals surface area contributed by atoms with Gasteiger partial charge in [-0.1, -0.05) is 12.1 Å². The highest BCUT2D eigenvalue weighted by Crippen LogP contribution is 2.24. The van der Waals surface area contributed by atoms with Gasteiger partial charge in [0.1, 0.15) is 29.9 Å². The average Bonchev–Trinajstić information content (AvgIpc) is 2.79. The largest absolute Gasteiger partial charge is 0.507 e. The van der Waals surface area contributed by atoms with Gasteiger partial charge >= 0.3 is 12.0 Å². The number of carbonyl (C=O) groups is 3. The van der Waals surface area contributed by atoms with Gasteiger partial charge in [0.25, 0.3) is 5.91 Å². The van der Waals surface area contributed by atoms with Crippen LogP contribution in [0.3, 0.4) is 0 Å². The molecule has 0 heterocycles. The number of aliphatic carboxylic acids is 1. The number of amides is 3. The zero-order chi connectivity index (χ0) is 25.1. The molecular weight excluding hydrogens is 448 g/mol. The fourth-order valence-corrected chi connectivity index (χ4v) is 2.70. The van der Waals surface area contributed by atoms with Crippen molar-refractivity contribution < 1.29 is 34.1 Å². The fourth-order valence-electron chi connectivity index (χ4n) is 2.70. The van der Waals surface area contributed by atoms with E-state index in [1.165, 1.54) is 25.3 Å². The molecule has 0 fully saturated rings. The minimum atomic E-state index is -1.45. The van der Waals surface area contributed by atoms with Crippen LogP contribution in [0.15, 0.2) is 42.5 Å². The molecule has 0 aliphatic heterocycles. The number of para-hydroxylation sites is 2. The van der Waals surface area contributed by atoms with Gasteiger partial charge < -0.3 is 46.7 Å². The number of carboxylic acid groups (broad SMARTS) is 1. The van der Waals surface area contributed by atoms with Crippen LogP contribution in [0, 0.1) is 5.41 Å². The molecule has 3 amide bonds. The first-order valence-electron chi connectivity index (χ1n) is 9.96. The molecule has 0 saturated heterocycles. The minimum absolute atomic E-state index is 0.114. The molecule has 0 unspecified atom stereocenters. The van der Waals surface area contributed by atoms with Gasteiger partial charge in [-0.05, 0) is 24.3 Å². The quantitative estimate of drug-likeness (QED) is 0.127. The molecule has 0 aliphatic carbocycles. The molecule has 2 aromatic carbocycles. The second-order valence-corrected chi connectivity index (χ2v) is 6.77.